The van der Waals surface area contributed by atoms with Gasteiger partial charge in [0.05, 0.1) is 28.4 Å². The maximum Gasteiger partial charge on any atom is 0.342 e. The van der Waals surface area contributed by atoms with E-state index in [1.54, 1.807) is 37.6 Å². The third kappa shape index (κ3) is 5.11. The lowest BCUT2D eigenvalue weighted by Crippen LogP contribution is -2.07. The smallest absolute Gasteiger partial charge is 0.342 e. The van der Waals surface area contributed by atoms with Crippen molar-refractivity contribution in [1.82, 2.24) is 4.98 Å². The number of benzene rings is 1. The Morgan fingerprint density at radius 2 is 1.67 bits per heavy atom. The van der Waals surface area contributed by atoms with Crippen LogP contribution in [0.2, 0.25) is 0 Å². The van der Waals surface area contributed by atoms with Gasteiger partial charge in [-0.1, -0.05) is 17.7 Å². The number of aromatic nitrogens is 1. The van der Waals surface area contributed by atoms with E-state index in [0.29, 0.717) is 40.5 Å². The highest BCUT2D eigenvalue weighted by molar-refractivity contribution is 5.98. The number of esters is 1. The van der Waals surface area contributed by atoms with E-state index in [1.165, 1.54) is 21.3 Å². The van der Waals surface area contributed by atoms with Crippen molar-refractivity contribution in [3.8, 4) is 23.1 Å². The van der Waals surface area contributed by atoms with Gasteiger partial charge >= 0.3 is 5.97 Å². The number of aromatic hydroxyl groups is 1. The minimum absolute atomic E-state index is 0.0622. The summed E-state index contributed by atoms with van der Waals surface area (Å²) in [7, 11) is 5.85. The molecule has 0 aliphatic carbocycles. The second-order valence-corrected chi connectivity index (χ2v) is 6.65. The average Bonchev–Trinajstić information content (AvgIpc) is 2.75. The molecule has 1 N–H and O–H groups in total. The van der Waals surface area contributed by atoms with E-state index in [-0.39, 0.29) is 11.3 Å². The Labute approximate surface area is 176 Å². The molecular weight excluding hydrogens is 386 g/mol. The summed E-state index contributed by atoms with van der Waals surface area (Å²) in [5.41, 5.74) is 2.77. The number of hydrogen-bond donors (Lipinski definition) is 1. The zero-order valence-corrected chi connectivity index (χ0v) is 18.1. The third-order valence-corrected chi connectivity index (χ3v) is 4.46. The molecule has 7 nitrogen and oxygen atoms in total. The first-order valence-corrected chi connectivity index (χ1v) is 9.26. The van der Waals surface area contributed by atoms with E-state index in [2.05, 4.69) is 4.98 Å². The number of pyridine rings is 1. The van der Waals surface area contributed by atoms with Crippen LogP contribution in [0.4, 0.5) is 0 Å². The zero-order valence-electron chi connectivity index (χ0n) is 18.1. The number of methoxy groups -OCH3 is 4. The van der Waals surface area contributed by atoms with Gasteiger partial charge < -0.3 is 24.1 Å². The van der Waals surface area contributed by atoms with E-state index in [9.17, 15) is 9.90 Å². The van der Waals surface area contributed by atoms with Crippen LogP contribution in [0, 0.1) is 0 Å². The highest BCUT2D eigenvalue weighted by atomic mass is 16.5. The molecule has 0 unspecified atom stereocenters. The van der Waals surface area contributed by atoms with Crippen LogP contribution < -0.4 is 14.2 Å². The van der Waals surface area contributed by atoms with Crippen molar-refractivity contribution >= 4 is 18.1 Å². The number of hydrogen-bond acceptors (Lipinski definition) is 7. The molecule has 2 aromatic rings. The minimum atomic E-state index is -0.645. The van der Waals surface area contributed by atoms with E-state index < -0.39 is 5.97 Å². The fourth-order valence-electron chi connectivity index (χ4n) is 2.86. The van der Waals surface area contributed by atoms with E-state index in [0.717, 1.165) is 5.57 Å². The molecule has 30 heavy (non-hydrogen) atoms. The second kappa shape index (κ2) is 10.3. The largest absolute Gasteiger partial charge is 0.507 e. The molecule has 0 fully saturated rings. The van der Waals surface area contributed by atoms with Crippen molar-refractivity contribution in [2.24, 2.45) is 0 Å². The molecule has 1 aromatic heterocycles. The predicted molar refractivity (Wildman–Crippen MR) is 115 cm³/mol. The molecule has 160 valence electrons. The van der Waals surface area contributed by atoms with E-state index in [1.807, 2.05) is 19.9 Å². The quantitative estimate of drug-likeness (QED) is 0.510. The number of phenolic OH excluding ortho intramolecular Hbond substituents is 1. The van der Waals surface area contributed by atoms with Gasteiger partial charge in [-0.25, -0.2) is 9.78 Å². The minimum Gasteiger partial charge on any atom is -0.507 e. The van der Waals surface area contributed by atoms with Gasteiger partial charge in [-0.2, -0.15) is 0 Å². The molecule has 1 aromatic carbocycles. The summed E-state index contributed by atoms with van der Waals surface area (Å²) < 4.78 is 20.8. The van der Waals surface area contributed by atoms with Crippen molar-refractivity contribution in [2.75, 3.05) is 28.4 Å². The summed E-state index contributed by atoms with van der Waals surface area (Å²) in [4.78, 5) is 16.6. The van der Waals surface area contributed by atoms with Crippen LogP contribution in [0.1, 0.15) is 40.9 Å². The monoisotopic (exact) mass is 413 g/mol. The SMILES string of the molecule is COC(=O)c1c(/C=C/c2cnc(OC)cc2OC)cc(OC)c(CC=C(C)C)c1O. The van der Waals surface area contributed by atoms with Crippen molar-refractivity contribution in [1.29, 1.82) is 0 Å². The number of nitrogens with zero attached hydrogens (tertiary/aromatic N) is 1. The molecular formula is C23H27NO6. The van der Waals surface area contributed by atoms with Crippen molar-refractivity contribution in [3.63, 3.8) is 0 Å². The molecule has 0 radical (unpaired) electrons. The van der Waals surface area contributed by atoms with Gasteiger partial charge in [0.1, 0.15) is 22.8 Å². The standard InChI is InChI=1S/C23H27NO6/c1-14(2)7-10-17-19(28-4)11-15(21(22(17)25)23(26)30-6)8-9-16-13-24-20(29-5)12-18(16)27-3/h7-9,11-13,25H,10H2,1-6H3/b9-8+. The molecule has 7 heteroatoms. The number of rotatable bonds is 8. The molecule has 0 spiro atoms. The maximum absolute atomic E-state index is 12.4. The summed E-state index contributed by atoms with van der Waals surface area (Å²) >= 11 is 0. The lowest BCUT2D eigenvalue weighted by atomic mass is 9.97. The summed E-state index contributed by atoms with van der Waals surface area (Å²) in [5, 5.41) is 10.9. The van der Waals surface area contributed by atoms with Crippen LogP contribution in [0.15, 0.2) is 30.0 Å². The van der Waals surface area contributed by atoms with Gasteiger partial charge in [0.2, 0.25) is 5.88 Å². The van der Waals surface area contributed by atoms with Crippen LogP contribution >= 0.6 is 0 Å². The Morgan fingerprint density at radius 3 is 2.23 bits per heavy atom. The topological polar surface area (TPSA) is 87.1 Å². The van der Waals surface area contributed by atoms with Gasteiger partial charge in [-0.05, 0) is 38.0 Å². The lowest BCUT2D eigenvalue weighted by molar-refractivity contribution is 0.0597. The van der Waals surface area contributed by atoms with Gasteiger partial charge in [-0.3, -0.25) is 0 Å². The fourth-order valence-corrected chi connectivity index (χ4v) is 2.86. The number of ether oxygens (including phenoxy) is 4. The molecule has 0 atom stereocenters. The first-order valence-electron chi connectivity index (χ1n) is 9.26. The van der Waals surface area contributed by atoms with E-state index >= 15 is 0 Å². The third-order valence-electron chi connectivity index (χ3n) is 4.46. The molecule has 2 rings (SSSR count). The number of allylic oxidation sites excluding steroid dienone is 2. The predicted octanol–water partition coefficient (Wildman–Crippen LogP) is 4.28. The molecule has 0 aliphatic heterocycles. The van der Waals surface area contributed by atoms with Gasteiger partial charge in [0.25, 0.3) is 0 Å². The Morgan fingerprint density at radius 1 is 1.00 bits per heavy atom. The Bertz CT molecular complexity index is 974. The lowest BCUT2D eigenvalue weighted by Gasteiger charge is -2.15. The van der Waals surface area contributed by atoms with Crippen LogP contribution in [0.3, 0.4) is 0 Å². The van der Waals surface area contributed by atoms with E-state index in [4.69, 9.17) is 18.9 Å². The van der Waals surface area contributed by atoms with Gasteiger partial charge in [-0.15, -0.1) is 0 Å². The molecule has 0 amide bonds. The molecule has 0 saturated carbocycles. The first-order chi connectivity index (χ1) is 14.4. The van der Waals surface area contributed by atoms with Crippen molar-refractivity contribution in [3.05, 3.63) is 52.2 Å². The fraction of sp³-hybridized carbons (Fsp3) is 0.304. The molecule has 0 aliphatic rings. The number of carbonyl (C=O) groups excluding carboxylic acids is 1. The normalized spacial score (nSPS) is 10.6. The first kappa shape index (κ1) is 22.8. The summed E-state index contributed by atoms with van der Waals surface area (Å²) in [6.45, 7) is 3.91. The highest BCUT2D eigenvalue weighted by Gasteiger charge is 2.22. The van der Waals surface area contributed by atoms with Gasteiger partial charge in [0, 0.05) is 23.4 Å². The maximum atomic E-state index is 12.4. The number of carbonyl (C=O) groups is 1. The number of phenols is 1. The molecule has 0 bridgehead atoms. The summed E-state index contributed by atoms with van der Waals surface area (Å²) in [5.74, 6) is 0.625. The Kier molecular flexibility index (Phi) is 7.86. The summed E-state index contributed by atoms with van der Waals surface area (Å²) in [6, 6.07) is 3.35. The van der Waals surface area contributed by atoms with Gasteiger partial charge in [0.15, 0.2) is 0 Å². The van der Waals surface area contributed by atoms with Crippen LogP contribution in [0.25, 0.3) is 12.2 Å². The molecule has 1 heterocycles. The highest BCUT2D eigenvalue weighted by Crippen LogP contribution is 2.37. The Hall–Kier alpha value is -3.48. The summed E-state index contributed by atoms with van der Waals surface area (Å²) in [6.07, 6.45) is 7.35. The second-order valence-electron chi connectivity index (χ2n) is 6.65. The van der Waals surface area contributed by atoms with Crippen molar-refractivity contribution in [2.45, 2.75) is 20.3 Å². The van der Waals surface area contributed by atoms with Crippen LogP contribution in [-0.2, 0) is 11.2 Å². The van der Waals surface area contributed by atoms with Crippen LogP contribution in [-0.4, -0.2) is 44.5 Å². The zero-order chi connectivity index (χ0) is 22.3. The van der Waals surface area contributed by atoms with Crippen LogP contribution in [0.5, 0.6) is 23.1 Å². The van der Waals surface area contributed by atoms with Crippen molar-refractivity contribution < 1.29 is 28.8 Å². The molecule has 0 saturated heterocycles. The Balaban J connectivity index is 2.61. The average molecular weight is 413 g/mol.